The van der Waals surface area contributed by atoms with Crippen molar-refractivity contribution in [1.29, 1.82) is 0 Å². The second kappa shape index (κ2) is 8.17. The molecule has 4 N–H and O–H groups in total. The van der Waals surface area contributed by atoms with E-state index in [4.69, 9.17) is 9.47 Å². The van der Waals surface area contributed by atoms with Crippen molar-refractivity contribution in [2.75, 3.05) is 31.3 Å². The fourth-order valence-corrected chi connectivity index (χ4v) is 4.05. The Bertz CT molecular complexity index is 844. The van der Waals surface area contributed by atoms with Crippen LogP contribution in [0.15, 0.2) is 12.7 Å². The largest absolute Gasteiger partial charge is 0.387 e. The monoisotopic (exact) mass is 410 g/mol. The smallest absolute Gasteiger partial charge is 0.278 e. The summed E-state index contributed by atoms with van der Waals surface area (Å²) in [6, 6.07) is 0.157. The molecular formula is C16H22N6O5S. The van der Waals surface area contributed by atoms with E-state index in [2.05, 4.69) is 25.6 Å². The van der Waals surface area contributed by atoms with Crippen LogP contribution in [-0.4, -0.2) is 85.3 Å². The van der Waals surface area contributed by atoms with E-state index in [-0.39, 0.29) is 17.0 Å². The molecular weight excluding hydrogens is 388 g/mol. The van der Waals surface area contributed by atoms with Gasteiger partial charge in [0.1, 0.15) is 18.5 Å². The van der Waals surface area contributed by atoms with Gasteiger partial charge in [-0.2, -0.15) is 0 Å². The third kappa shape index (κ3) is 3.65. The number of carbonyl (C=O) groups is 1. The quantitative estimate of drug-likeness (QED) is 0.519. The predicted octanol–water partition coefficient (Wildman–Crippen LogP) is -0.281. The molecule has 2 saturated heterocycles. The molecule has 2 aromatic heterocycles. The molecule has 0 aliphatic carbocycles. The van der Waals surface area contributed by atoms with Gasteiger partial charge in [0.15, 0.2) is 23.2 Å². The van der Waals surface area contributed by atoms with Crippen LogP contribution in [0.2, 0.25) is 0 Å². The minimum Gasteiger partial charge on any atom is -0.387 e. The number of ether oxygens (including phenoxy) is 2. The average Bonchev–Trinajstić information content (AvgIpc) is 3.42. The summed E-state index contributed by atoms with van der Waals surface area (Å²) in [5.41, 5.74) is 1.02. The molecule has 4 rings (SSSR count). The van der Waals surface area contributed by atoms with Crippen LogP contribution in [-0.2, 0) is 9.47 Å². The lowest BCUT2D eigenvalue weighted by Gasteiger charge is -2.17. The second-order valence-corrected chi connectivity index (χ2v) is 7.64. The van der Waals surface area contributed by atoms with Crippen LogP contribution in [0.25, 0.3) is 11.2 Å². The lowest BCUT2D eigenvalue weighted by molar-refractivity contribution is -0.0288. The number of amides is 1. The molecule has 0 bridgehead atoms. The van der Waals surface area contributed by atoms with Gasteiger partial charge in [0.2, 0.25) is 0 Å². The molecule has 1 amide bonds. The number of nitrogens with one attached hydrogen (secondary N) is 2. The van der Waals surface area contributed by atoms with E-state index in [1.165, 1.54) is 19.7 Å². The molecule has 2 aliphatic rings. The van der Waals surface area contributed by atoms with Crippen LogP contribution in [0.4, 0.5) is 10.6 Å². The average molecular weight is 410 g/mol. The Hall–Kier alpha value is -1.99. The van der Waals surface area contributed by atoms with E-state index in [1.54, 1.807) is 4.57 Å². The Morgan fingerprint density at radius 3 is 2.96 bits per heavy atom. The second-order valence-electron chi connectivity index (χ2n) is 6.65. The number of imidazole rings is 1. The molecule has 4 heterocycles. The molecule has 5 atom stereocenters. The molecule has 0 unspecified atom stereocenters. The molecule has 12 heteroatoms. The summed E-state index contributed by atoms with van der Waals surface area (Å²) in [7, 11) is 1.53. The highest BCUT2D eigenvalue weighted by Gasteiger charge is 2.44. The van der Waals surface area contributed by atoms with Gasteiger partial charge < -0.3 is 30.3 Å². The fraction of sp³-hybridized carbons (Fsp3) is 0.625. The fourth-order valence-electron chi connectivity index (χ4n) is 3.31. The Labute approximate surface area is 164 Å². The van der Waals surface area contributed by atoms with Crippen LogP contribution in [0.3, 0.4) is 0 Å². The SMILES string of the molecule is CNC(=O)SC[C@H]1O[C@@H](n2cnc3c(N[C@@H]4CCOC4)ncnc32)[C@H](O)[C@@H]1O. The number of hydrogen-bond donors (Lipinski definition) is 4. The highest BCUT2D eigenvalue weighted by atomic mass is 32.2. The lowest BCUT2D eigenvalue weighted by Crippen LogP contribution is -2.33. The third-order valence-corrected chi connectivity index (χ3v) is 5.78. The zero-order valence-corrected chi connectivity index (χ0v) is 16.0. The number of anilines is 1. The first-order valence-corrected chi connectivity index (χ1v) is 9.95. The Morgan fingerprint density at radius 1 is 1.36 bits per heavy atom. The van der Waals surface area contributed by atoms with E-state index in [0.717, 1.165) is 18.2 Å². The number of aliphatic hydroxyl groups is 2. The van der Waals surface area contributed by atoms with Gasteiger partial charge in [0.05, 0.1) is 25.1 Å². The third-order valence-electron chi connectivity index (χ3n) is 4.82. The first-order valence-electron chi connectivity index (χ1n) is 8.96. The van der Waals surface area contributed by atoms with Crippen LogP contribution in [0, 0.1) is 0 Å². The highest BCUT2D eigenvalue weighted by Crippen LogP contribution is 2.33. The van der Waals surface area contributed by atoms with Crippen molar-refractivity contribution in [3.05, 3.63) is 12.7 Å². The summed E-state index contributed by atoms with van der Waals surface area (Å²) in [4.78, 5) is 24.3. The maximum absolute atomic E-state index is 11.4. The van der Waals surface area contributed by atoms with E-state index in [9.17, 15) is 15.0 Å². The number of fused-ring (bicyclic) bond motifs is 1. The van der Waals surface area contributed by atoms with Gasteiger partial charge in [0.25, 0.3) is 5.24 Å². The maximum Gasteiger partial charge on any atom is 0.278 e. The van der Waals surface area contributed by atoms with Gasteiger partial charge in [-0.3, -0.25) is 9.36 Å². The molecule has 0 radical (unpaired) electrons. The standard InChI is InChI=1S/C16H22N6O5S/c1-17-16(25)28-5-9-11(23)12(24)15(27-9)22-7-20-10-13(18-6-19-14(10)22)21-8-2-3-26-4-8/h6-9,11-12,15,23-24H,2-5H2,1H3,(H,17,25)(H,18,19,21)/t8-,9-,11-,12-,15-/m1/s1. The van der Waals surface area contributed by atoms with Gasteiger partial charge in [-0.05, 0) is 6.42 Å². The molecule has 2 aromatic rings. The summed E-state index contributed by atoms with van der Waals surface area (Å²) < 4.78 is 12.8. The van der Waals surface area contributed by atoms with E-state index in [0.29, 0.717) is 30.2 Å². The minimum absolute atomic E-state index is 0.157. The molecule has 28 heavy (non-hydrogen) atoms. The van der Waals surface area contributed by atoms with Gasteiger partial charge >= 0.3 is 0 Å². The molecule has 2 aliphatic heterocycles. The highest BCUT2D eigenvalue weighted by molar-refractivity contribution is 8.13. The lowest BCUT2D eigenvalue weighted by atomic mass is 10.1. The van der Waals surface area contributed by atoms with Crippen LogP contribution in [0.5, 0.6) is 0 Å². The number of rotatable bonds is 5. The number of aliphatic hydroxyl groups excluding tert-OH is 2. The maximum atomic E-state index is 11.4. The van der Waals surface area contributed by atoms with Crippen molar-refractivity contribution in [3.8, 4) is 0 Å². The van der Waals surface area contributed by atoms with Gasteiger partial charge in [-0.1, -0.05) is 11.8 Å². The van der Waals surface area contributed by atoms with Crippen LogP contribution in [0.1, 0.15) is 12.6 Å². The van der Waals surface area contributed by atoms with E-state index >= 15 is 0 Å². The first-order chi connectivity index (χ1) is 13.6. The number of thioether (sulfide) groups is 1. The van der Waals surface area contributed by atoms with Gasteiger partial charge in [-0.15, -0.1) is 0 Å². The topological polar surface area (TPSA) is 144 Å². The van der Waals surface area contributed by atoms with Gasteiger partial charge in [0, 0.05) is 19.4 Å². The summed E-state index contributed by atoms with van der Waals surface area (Å²) in [5.74, 6) is 0.795. The summed E-state index contributed by atoms with van der Waals surface area (Å²) >= 11 is 0.984. The van der Waals surface area contributed by atoms with Crippen molar-refractivity contribution < 1.29 is 24.5 Å². The minimum atomic E-state index is -1.18. The summed E-state index contributed by atoms with van der Waals surface area (Å²) in [5, 5.41) is 26.3. The van der Waals surface area contributed by atoms with Crippen LogP contribution >= 0.6 is 11.8 Å². The molecule has 152 valence electrons. The van der Waals surface area contributed by atoms with Crippen molar-refractivity contribution in [3.63, 3.8) is 0 Å². The van der Waals surface area contributed by atoms with Gasteiger partial charge in [-0.25, -0.2) is 15.0 Å². The van der Waals surface area contributed by atoms with Crippen molar-refractivity contribution in [1.82, 2.24) is 24.8 Å². The molecule has 0 aromatic carbocycles. The van der Waals surface area contributed by atoms with Crippen LogP contribution < -0.4 is 10.6 Å². The number of carbonyl (C=O) groups excluding carboxylic acids is 1. The number of aromatic nitrogens is 4. The van der Waals surface area contributed by atoms with Crippen molar-refractivity contribution in [2.45, 2.75) is 37.0 Å². The first kappa shape index (κ1) is 19.3. The zero-order valence-electron chi connectivity index (χ0n) is 15.2. The zero-order chi connectivity index (χ0) is 19.7. The summed E-state index contributed by atoms with van der Waals surface area (Å²) in [6.07, 6.45) is -0.0763. The number of nitrogens with zero attached hydrogens (tertiary/aromatic N) is 4. The molecule has 0 saturated carbocycles. The van der Waals surface area contributed by atoms with Crippen molar-refractivity contribution >= 4 is 34.0 Å². The van der Waals surface area contributed by atoms with Crippen molar-refractivity contribution in [2.24, 2.45) is 0 Å². The van der Waals surface area contributed by atoms with E-state index < -0.39 is 24.5 Å². The molecule has 2 fully saturated rings. The Morgan fingerprint density at radius 2 is 2.21 bits per heavy atom. The summed E-state index contributed by atoms with van der Waals surface area (Å²) in [6.45, 7) is 1.31. The number of hydrogen-bond acceptors (Lipinski definition) is 10. The van der Waals surface area contributed by atoms with E-state index in [1.807, 2.05) is 0 Å². The predicted molar refractivity (Wildman–Crippen MR) is 101 cm³/mol. The Kier molecular flexibility index (Phi) is 5.64. The molecule has 0 spiro atoms. The Balaban J connectivity index is 1.54. The normalized spacial score (nSPS) is 30.0. The molecule has 11 nitrogen and oxygen atoms in total.